The van der Waals surface area contributed by atoms with Gasteiger partial charge in [0.25, 0.3) is 0 Å². The maximum atomic E-state index is 11.8. The summed E-state index contributed by atoms with van der Waals surface area (Å²) in [7, 11) is 1.32. The van der Waals surface area contributed by atoms with Crippen LogP contribution < -0.4 is 11.1 Å². The van der Waals surface area contributed by atoms with E-state index in [1.54, 1.807) is 29.0 Å². The summed E-state index contributed by atoms with van der Waals surface area (Å²) in [5.74, 6) is -0.484. The van der Waals surface area contributed by atoms with Gasteiger partial charge in [-0.15, -0.1) is 11.3 Å². The van der Waals surface area contributed by atoms with Crippen LogP contribution in [-0.4, -0.2) is 18.1 Å². The number of carbonyl (C=O) groups excluding carboxylic acids is 1. The summed E-state index contributed by atoms with van der Waals surface area (Å²) in [5, 5.41) is 3.53. The number of nitrogens with zero attached hydrogens (tertiary/aromatic N) is 1. The first-order chi connectivity index (χ1) is 9.52. The zero-order chi connectivity index (χ0) is 14.7. The summed E-state index contributed by atoms with van der Waals surface area (Å²) in [6.07, 6.45) is 0. The number of esters is 1. The summed E-state index contributed by atoms with van der Waals surface area (Å²) < 4.78 is 4.74. The average Bonchev–Trinajstić information content (AvgIpc) is 2.81. The predicted octanol–water partition coefficient (Wildman–Crippen LogP) is 3.09. The quantitative estimate of drug-likeness (QED) is 0.670. The van der Waals surface area contributed by atoms with Gasteiger partial charge in [-0.2, -0.15) is 0 Å². The molecule has 0 saturated carbocycles. The normalized spacial score (nSPS) is 10.3. The molecule has 2 aromatic rings. The number of hydrogen-bond donors (Lipinski definition) is 2. The van der Waals surface area contributed by atoms with E-state index in [1.807, 2.05) is 6.92 Å². The summed E-state index contributed by atoms with van der Waals surface area (Å²) >= 11 is 7.69. The van der Waals surface area contributed by atoms with E-state index in [9.17, 15) is 4.79 Å². The molecule has 0 atom stereocenters. The van der Waals surface area contributed by atoms with Crippen LogP contribution in [0.2, 0.25) is 5.02 Å². The van der Waals surface area contributed by atoms with Gasteiger partial charge in [0.15, 0.2) is 0 Å². The summed E-state index contributed by atoms with van der Waals surface area (Å²) in [4.78, 5) is 17.0. The molecule has 0 aliphatic rings. The number of aryl methyl sites for hydroxylation is 1. The summed E-state index contributed by atoms with van der Waals surface area (Å²) in [6, 6.07) is 3.13. The van der Waals surface area contributed by atoms with E-state index in [1.165, 1.54) is 7.11 Å². The number of carbonyl (C=O) groups is 1. The van der Waals surface area contributed by atoms with Crippen LogP contribution in [0.1, 0.15) is 20.9 Å². The zero-order valence-corrected chi connectivity index (χ0v) is 12.6. The summed E-state index contributed by atoms with van der Waals surface area (Å²) in [5.41, 5.74) is 9.68. The largest absolute Gasteiger partial charge is 0.465 e. The molecule has 0 saturated heterocycles. The Morgan fingerprint density at radius 1 is 1.55 bits per heavy atom. The van der Waals surface area contributed by atoms with E-state index in [-0.39, 0.29) is 0 Å². The van der Waals surface area contributed by atoms with Crippen molar-refractivity contribution in [1.82, 2.24) is 4.98 Å². The molecule has 0 radical (unpaired) electrons. The molecule has 20 heavy (non-hydrogen) atoms. The molecule has 0 aliphatic carbocycles. The summed E-state index contributed by atoms with van der Waals surface area (Å²) in [6.45, 7) is 2.46. The van der Waals surface area contributed by atoms with Gasteiger partial charge >= 0.3 is 5.97 Å². The molecule has 106 valence electrons. The highest BCUT2D eigenvalue weighted by molar-refractivity contribution is 7.09. The fourth-order valence-electron chi connectivity index (χ4n) is 1.74. The number of anilines is 2. The van der Waals surface area contributed by atoms with E-state index in [4.69, 9.17) is 22.1 Å². The third kappa shape index (κ3) is 3.02. The second-order valence-corrected chi connectivity index (χ2v) is 5.48. The number of rotatable bonds is 4. The molecule has 0 amide bonds. The van der Waals surface area contributed by atoms with Crippen molar-refractivity contribution in [3.63, 3.8) is 0 Å². The van der Waals surface area contributed by atoms with Gasteiger partial charge in [-0.25, -0.2) is 9.78 Å². The number of nitrogen functional groups attached to an aromatic ring is 1. The van der Waals surface area contributed by atoms with E-state index in [0.717, 1.165) is 10.6 Å². The van der Waals surface area contributed by atoms with Crippen LogP contribution in [0.3, 0.4) is 0 Å². The minimum absolute atomic E-state index is 0.319. The number of ether oxygens (including phenoxy) is 1. The van der Waals surface area contributed by atoms with Crippen LogP contribution in [-0.2, 0) is 11.3 Å². The van der Waals surface area contributed by atoms with Crippen LogP contribution >= 0.6 is 22.9 Å². The molecule has 7 heteroatoms. The van der Waals surface area contributed by atoms with Gasteiger partial charge in [0.05, 0.1) is 41.1 Å². The van der Waals surface area contributed by atoms with Gasteiger partial charge in [0.2, 0.25) is 0 Å². The highest BCUT2D eigenvalue weighted by Crippen LogP contribution is 2.30. The van der Waals surface area contributed by atoms with E-state index in [0.29, 0.717) is 28.5 Å². The zero-order valence-electron chi connectivity index (χ0n) is 11.1. The van der Waals surface area contributed by atoms with Crippen molar-refractivity contribution in [1.29, 1.82) is 0 Å². The molecule has 1 aromatic carbocycles. The fourth-order valence-corrected chi connectivity index (χ4v) is 2.75. The number of thiazole rings is 1. The highest BCUT2D eigenvalue weighted by Gasteiger charge is 2.16. The van der Waals surface area contributed by atoms with Crippen molar-refractivity contribution in [2.45, 2.75) is 13.5 Å². The molecule has 5 nitrogen and oxygen atoms in total. The number of nitrogens with one attached hydrogen (secondary N) is 1. The lowest BCUT2D eigenvalue weighted by Gasteiger charge is -2.13. The molecule has 0 spiro atoms. The Bertz CT molecular complexity index is 643. The first kappa shape index (κ1) is 14.6. The molecular weight excluding hydrogens is 298 g/mol. The molecule has 1 heterocycles. The lowest BCUT2D eigenvalue weighted by atomic mass is 10.1. The first-order valence-corrected chi connectivity index (χ1v) is 7.09. The third-order valence-corrected chi connectivity index (χ3v) is 4.02. The smallest absolute Gasteiger partial charge is 0.340 e. The van der Waals surface area contributed by atoms with Gasteiger partial charge in [0, 0.05) is 10.6 Å². The number of halogens is 1. The third-order valence-electron chi connectivity index (χ3n) is 2.79. The lowest BCUT2D eigenvalue weighted by molar-refractivity contribution is 0.0602. The number of benzene rings is 1. The molecular formula is C13H14ClN3O2S. The Morgan fingerprint density at radius 2 is 2.30 bits per heavy atom. The maximum Gasteiger partial charge on any atom is 0.340 e. The molecule has 0 unspecified atom stereocenters. The topological polar surface area (TPSA) is 77.2 Å². The van der Waals surface area contributed by atoms with E-state index in [2.05, 4.69) is 10.3 Å². The van der Waals surface area contributed by atoms with E-state index < -0.39 is 5.97 Å². The minimum atomic E-state index is -0.484. The number of hydrogen-bond acceptors (Lipinski definition) is 6. The van der Waals surface area contributed by atoms with Crippen molar-refractivity contribution >= 4 is 40.3 Å². The van der Waals surface area contributed by atoms with Crippen LogP contribution in [0.4, 0.5) is 11.4 Å². The van der Waals surface area contributed by atoms with Crippen LogP contribution in [0, 0.1) is 6.92 Å². The Kier molecular flexibility index (Phi) is 4.46. The van der Waals surface area contributed by atoms with Gasteiger partial charge in [0.1, 0.15) is 0 Å². The molecule has 2 rings (SSSR count). The Hall–Kier alpha value is -1.79. The van der Waals surface area contributed by atoms with Crippen molar-refractivity contribution in [3.05, 3.63) is 38.8 Å². The van der Waals surface area contributed by atoms with Crippen molar-refractivity contribution in [2.75, 3.05) is 18.2 Å². The maximum absolute atomic E-state index is 11.8. The Balaban J connectivity index is 2.30. The van der Waals surface area contributed by atoms with Crippen LogP contribution in [0.15, 0.2) is 17.6 Å². The van der Waals surface area contributed by atoms with E-state index >= 15 is 0 Å². The number of aromatic nitrogens is 1. The predicted molar refractivity (Wildman–Crippen MR) is 81.4 cm³/mol. The monoisotopic (exact) mass is 311 g/mol. The average molecular weight is 312 g/mol. The van der Waals surface area contributed by atoms with Crippen molar-refractivity contribution in [3.8, 4) is 0 Å². The highest BCUT2D eigenvalue weighted by atomic mass is 35.5. The second kappa shape index (κ2) is 6.11. The van der Waals surface area contributed by atoms with Gasteiger partial charge in [-0.1, -0.05) is 11.6 Å². The van der Waals surface area contributed by atoms with Crippen molar-refractivity contribution in [2.24, 2.45) is 0 Å². The van der Waals surface area contributed by atoms with Crippen LogP contribution in [0.25, 0.3) is 0 Å². The molecule has 0 bridgehead atoms. The van der Waals surface area contributed by atoms with Gasteiger partial charge < -0.3 is 15.8 Å². The fraction of sp³-hybridized carbons (Fsp3) is 0.231. The number of nitrogens with two attached hydrogens (primary N) is 1. The van der Waals surface area contributed by atoms with Crippen LogP contribution in [0.5, 0.6) is 0 Å². The SMILES string of the molecule is COC(=O)c1cc(N)cc(Cl)c1NCc1scnc1C. The molecule has 0 fully saturated rings. The van der Waals surface area contributed by atoms with Gasteiger partial charge in [-0.05, 0) is 19.1 Å². The number of methoxy groups -OCH3 is 1. The second-order valence-electron chi connectivity index (χ2n) is 4.13. The Morgan fingerprint density at radius 3 is 2.90 bits per heavy atom. The van der Waals surface area contributed by atoms with Crippen molar-refractivity contribution < 1.29 is 9.53 Å². The minimum Gasteiger partial charge on any atom is -0.465 e. The first-order valence-electron chi connectivity index (χ1n) is 5.83. The standard InChI is InChI=1S/C13H14ClN3O2S/c1-7-11(20-6-17-7)5-16-12-9(13(18)19-2)3-8(15)4-10(12)14/h3-4,6,16H,5,15H2,1-2H3. The molecule has 3 N–H and O–H groups in total. The lowest BCUT2D eigenvalue weighted by Crippen LogP contribution is -2.09. The Labute approximate surface area is 125 Å². The molecule has 1 aromatic heterocycles. The van der Waals surface area contributed by atoms with Gasteiger partial charge in [-0.3, -0.25) is 0 Å². The molecule has 0 aliphatic heterocycles.